The molecule has 33 heavy (non-hydrogen) atoms. The van der Waals surface area contributed by atoms with E-state index in [-0.39, 0.29) is 30.4 Å². The van der Waals surface area contributed by atoms with Gasteiger partial charge < -0.3 is 25.0 Å². The van der Waals surface area contributed by atoms with Gasteiger partial charge in [-0.05, 0) is 19.8 Å². The van der Waals surface area contributed by atoms with Crippen molar-refractivity contribution < 1.29 is 27.8 Å². The maximum absolute atomic E-state index is 13.4. The second-order valence-corrected chi connectivity index (χ2v) is 8.97. The number of carbonyl (C=O) groups is 1. The molecule has 3 aliphatic rings. The van der Waals surface area contributed by atoms with Crippen molar-refractivity contribution in [1.29, 1.82) is 0 Å². The van der Waals surface area contributed by atoms with E-state index >= 15 is 0 Å². The van der Waals surface area contributed by atoms with Gasteiger partial charge in [0, 0.05) is 44.6 Å². The van der Waals surface area contributed by atoms with Crippen molar-refractivity contribution in [3.05, 3.63) is 35.3 Å². The Kier molecular flexibility index (Phi) is 5.11. The summed E-state index contributed by atoms with van der Waals surface area (Å²) < 4.78 is 45.4. The normalized spacial score (nSPS) is 26.1. The lowest BCUT2D eigenvalue weighted by atomic mass is 9.89. The highest BCUT2D eigenvalue weighted by molar-refractivity contribution is 6.08. The molecule has 0 bridgehead atoms. The zero-order valence-corrected chi connectivity index (χ0v) is 18.2. The number of aliphatic hydroxyl groups excluding tert-OH is 1. The minimum absolute atomic E-state index is 0.0187. The second kappa shape index (κ2) is 7.75. The van der Waals surface area contributed by atoms with Crippen molar-refractivity contribution in [3.8, 4) is 5.75 Å². The van der Waals surface area contributed by atoms with Gasteiger partial charge in [0.05, 0.1) is 12.3 Å². The van der Waals surface area contributed by atoms with Crippen LogP contribution in [-0.2, 0) is 11.2 Å². The van der Waals surface area contributed by atoms with E-state index in [9.17, 15) is 23.1 Å². The maximum Gasteiger partial charge on any atom is 0.255 e. The van der Waals surface area contributed by atoms with Crippen molar-refractivity contribution in [2.24, 2.45) is 0 Å². The van der Waals surface area contributed by atoms with Crippen molar-refractivity contribution in [2.45, 2.75) is 50.3 Å². The number of likely N-dealkylation sites (N-methyl/N-ethyl adjacent to an activating group) is 1. The van der Waals surface area contributed by atoms with Gasteiger partial charge in [0.2, 0.25) is 5.95 Å². The molecular formula is C22H24F3N5O3. The van der Waals surface area contributed by atoms with Gasteiger partial charge in [0.25, 0.3) is 5.91 Å². The molecular weight excluding hydrogens is 439 g/mol. The molecule has 5 rings (SSSR count). The molecule has 1 fully saturated rings. The fourth-order valence-electron chi connectivity index (χ4n) is 4.55. The molecule has 11 heteroatoms. The summed E-state index contributed by atoms with van der Waals surface area (Å²) in [5.41, 5.74) is 0.362. The molecule has 0 unspecified atom stereocenters. The second-order valence-electron chi connectivity index (χ2n) is 8.97. The molecule has 1 amide bonds. The molecule has 1 aliphatic carbocycles. The number of benzene rings is 1. The largest absolute Gasteiger partial charge is 0.490 e. The van der Waals surface area contributed by atoms with E-state index in [1.807, 2.05) is 0 Å². The molecule has 2 N–H and O–H groups in total. The molecule has 3 heterocycles. The van der Waals surface area contributed by atoms with Gasteiger partial charge in [-0.25, -0.2) is 18.2 Å². The lowest BCUT2D eigenvalue weighted by molar-refractivity contribution is -0.125. The maximum atomic E-state index is 13.4. The lowest BCUT2D eigenvalue weighted by Crippen LogP contribution is -2.64. The van der Waals surface area contributed by atoms with E-state index in [1.165, 1.54) is 0 Å². The van der Waals surface area contributed by atoms with Crippen LogP contribution < -0.4 is 19.9 Å². The monoisotopic (exact) mass is 463 g/mol. The minimum Gasteiger partial charge on any atom is -0.490 e. The molecule has 8 nitrogen and oxygen atoms in total. The van der Waals surface area contributed by atoms with E-state index in [1.54, 1.807) is 23.8 Å². The first-order chi connectivity index (χ1) is 15.7. The molecule has 1 atom stereocenters. The third kappa shape index (κ3) is 3.45. The number of nitrogens with zero attached hydrogens (tertiary/aromatic N) is 4. The number of hydrogen-bond acceptors (Lipinski definition) is 7. The van der Waals surface area contributed by atoms with Crippen LogP contribution in [0.25, 0.3) is 0 Å². The Balaban J connectivity index is 1.31. The average molecular weight is 463 g/mol. The Labute approximate surface area is 188 Å². The number of anilines is 3. The Bertz CT molecular complexity index is 1100. The molecule has 1 saturated carbocycles. The van der Waals surface area contributed by atoms with Crippen LogP contribution in [-0.4, -0.2) is 58.9 Å². The summed E-state index contributed by atoms with van der Waals surface area (Å²) in [6, 6.07) is 1.64. The van der Waals surface area contributed by atoms with Crippen molar-refractivity contribution in [2.75, 3.05) is 35.3 Å². The SMILES string of the molecule is CN1c2nc(NC3CC(Oc4cc(F)c(F)c(F)c4)C3)nc3c2N(CCC3)C(=O)[C@]1(C)CO. The van der Waals surface area contributed by atoms with Crippen LogP contribution in [0.15, 0.2) is 12.1 Å². The predicted octanol–water partition coefficient (Wildman–Crippen LogP) is 2.40. The van der Waals surface area contributed by atoms with Crippen molar-refractivity contribution in [3.63, 3.8) is 0 Å². The lowest BCUT2D eigenvalue weighted by Gasteiger charge is -2.48. The summed E-state index contributed by atoms with van der Waals surface area (Å²) in [7, 11) is 1.74. The molecule has 2 aliphatic heterocycles. The van der Waals surface area contributed by atoms with Crippen LogP contribution in [0.1, 0.15) is 31.9 Å². The van der Waals surface area contributed by atoms with Crippen LogP contribution in [0, 0.1) is 17.5 Å². The molecule has 176 valence electrons. The van der Waals surface area contributed by atoms with E-state index in [0.717, 1.165) is 24.2 Å². The zero-order chi connectivity index (χ0) is 23.5. The van der Waals surface area contributed by atoms with Gasteiger partial charge in [0.15, 0.2) is 23.3 Å². The summed E-state index contributed by atoms with van der Waals surface area (Å²) in [5.74, 6) is -3.33. The smallest absolute Gasteiger partial charge is 0.255 e. The van der Waals surface area contributed by atoms with E-state index in [0.29, 0.717) is 43.3 Å². The Morgan fingerprint density at radius 3 is 2.61 bits per heavy atom. The standard InChI is InChI=1S/C22H24F3N5O3/c1-22(10-31)20(32)30-5-3-4-16-18(30)19(29(22)2)28-21(27-16)26-11-6-12(7-11)33-13-8-14(23)17(25)15(24)9-13/h8-9,11-12,31H,3-7,10H2,1-2H3,(H,26,27,28)/t11?,12?,22-/m0/s1. The number of carbonyl (C=O) groups excluding carboxylic acids is 1. The number of amides is 1. The highest BCUT2D eigenvalue weighted by Gasteiger charge is 2.49. The van der Waals surface area contributed by atoms with Gasteiger partial charge in [-0.3, -0.25) is 4.79 Å². The number of aromatic nitrogens is 2. The van der Waals surface area contributed by atoms with Crippen LogP contribution >= 0.6 is 0 Å². The topological polar surface area (TPSA) is 90.8 Å². The van der Waals surface area contributed by atoms with Gasteiger partial charge >= 0.3 is 0 Å². The highest BCUT2D eigenvalue weighted by Crippen LogP contribution is 2.43. The average Bonchev–Trinajstić information content (AvgIpc) is 2.77. The molecule has 2 aromatic rings. The number of rotatable bonds is 5. The molecule has 1 aromatic carbocycles. The summed E-state index contributed by atoms with van der Waals surface area (Å²) in [5, 5.41) is 13.2. The first-order valence-electron chi connectivity index (χ1n) is 10.9. The van der Waals surface area contributed by atoms with Gasteiger partial charge in [-0.15, -0.1) is 0 Å². The number of aryl methyl sites for hydroxylation is 1. The first-order valence-corrected chi connectivity index (χ1v) is 10.9. The third-order valence-corrected chi connectivity index (χ3v) is 6.76. The molecule has 0 radical (unpaired) electrons. The van der Waals surface area contributed by atoms with Gasteiger partial charge in [-0.1, -0.05) is 0 Å². The van der Waals surface area contributed by atoms with Gasteiger partial charge in [-0.2, -0.15) is 4.98 Å². The molecule has 0 spiro atoms. The summed E-state index contributed by atoms with van der Waals surface area (Å²) >= 11 is 0. The summed E-state index contributed by atoms with van der Waals surface area (Å²) in [4.78, 5) is 25.6. The highest BCUT2D eigenvalue weighted by atomic mass is 19.2. The predicted molar refractivity (Wildman–Crippen MR) is 114 cm³/mol. The fraction of sp³-hybridized carbons (Fsp3) is 0.500. The third-order valence-electron chi connectivity index (χ3n) is 6.76. The van der Waals surface area contributed by atoms with Crippen molar-refractivity contribution in [1.82, 2.24) is 9.97 Å². The Hall–Kier alpha value is -3.08. The molecule has 0 saturated heterocycles. The van der Waals surface area contributed by atoms with Crippen LogP contribution in [0.5, 0.6) is 5.75 Å². The molecule has 1 aromatic heterocycles. The Morgan fingerprint density at radius 1 is 1.24 bits per heavy atom. The van der Waals surface area contributed by atoms with E-state index in [2.05, 4.69) is 15.3 Å². The van der Waals surface area contributed by atoms with E-state index < -0.39 is 23.0 Å². The van der Waals surface area contributed by atoms with Crippen LogP contribution in [0.3, 0.4) is 0 Å². The minimum atomic E-state index is -1.52. The van der Waals surface area contributed by atoms with Crippen molar-refractivity contribution >= 4 is 23.4 Å². The van der Waals surface area contributed by atoms with E-state index in [4.69, 9.17) is 4.74 Å². The van der Waals surface area contributed by atoms with Crippen LogP contribution in [0.4, 0.5) is 30.6 Å². The zero-order valence-electron chi connectivity index (χ0n) is 18.2. The van der Waals surface area contributed by atoms with Gasteiger partial charge in [0.1, 0.15) is 23.1 Å². The fourth-order valence-corrected chi connectivity index (χ4v) is 4.55. The number of nitrogens with one attached hydrogen (secondary N) is 1. The number of halogens is 3. The first kappa shape index (κ1) is 21.7. The number of hydrogen-bond donors (Lipinski definition) is 2. The van der Waals surface area contributed by atoms with Crippen LogP contribution in [0.2, 0.25) is 0 Å². The summed E-state index contributed by atoms with van der Waals surface area (Å²) in [6.07, 6.45) is 2.29. The number of ether oxygens (including phenoxy) is 1. The quantitative estimate of drug-likeness (QED) is 0.658. The number of aliphatic hydroxyl groups is 1. The Morgan fingerprint density at radius 2 is 1.94 bits per heavy atom. The summed E-state index contributed by atoms with van der Waals surface area (Å²) in [6.45, 7) is 1.91.